The van der Waals surface area contributed by atoms with Gasteiger partial charge in [0, 0.05) is 41.2 Å². The third-order valence-electron chi connectivity index (χ3n) is 7.66. The van der Waals surface area contributed by atoms with Crippen LogP contribution in [0.15, 0.2) is 48.5 Å². The number of benzene rings is 2. The Morgan fingerprint density at radius 1 is 1.13 bits per heavy atom. The number of unbranched alkanes of at least 4 members (excludes halogenated alkanes) is 1. The molecule has 0 saturated carbocycles. The zero-order valence-electron chi connectivity index (χ0n) is 22.3. The molecule has 5 rings (SSSR count). The Kier molecular flexibility index (Phi) is 7.40. The molecule has 2 aliphatic rings. The number of hydrogen-bond donors (Lipinski definition) is 3. The number of H-pyrrole nitrogens is 1. The highest BCUT2D eigenvalue weighted by Crippen LogP contribution is 2.42. The number of nitrogens with zero attached hydrogens (tertiary/aromatic N) is 1. The van der Waals surface area contributed by atoms with E-state index in [1.165, 1.54) is 0 Å². The van der Waals surface area contributed by atoms with Crippen LogP contribution in [0.3, 0.4) is 0 Å². The van der Waals surface area contributed by atoms with Crippen molar-refractivity contribution in [2.24, 2.45) is 5.92 Å². The molecule has 0 radical (unpaired) electrons. The molecule has 3 atom stereocenters. The second-order valence-electron chi connectivity index (χ2n) is 10.7. The Morgan fingerprint density at radius 2 is 1.92 bits per heavy atom. The van der Waals surface area contributed by atoms with Gasteiger partial charge in [0.25, 0.3) is 5.91 Å². The molecular weight excluding hydrogens is 480 g/mol. The molecule has 3 aromatic rings. The summed E-state index contributed by atoms with van der Waals surface area (Å²) in [6.45, 7) is 4.81. The third-order valence-corrected chi connectivity index (χ3v) is 7.66. The van der Waals surface area contributed by atoms with Crippen molar-refractivity contribution < 1.29 is 19.1 Å². The van der Waals surface area contributed by atoms with Crippen LogP contribution in [0.25, 0.3) is 10.9 Å². The summed E-state index contributed by atoms with van der Waals surface area (Å²) in [5.41, 5.74) is 3.74. The first kappa shape index (κ1) is 25.8. The highest BCUT2D eigenvalue weighted by molar-refractivity contribution is 5.99. The Hall–Kier alpha value is -3.81. The van der Waals surface area contributed by atoms with Gasteiger partial charge in [0.15, 0.2) is 0 Å². The van der Waals surface area contributed by atoms with Gasteiger partial charge < -0.3 is 25.3 Å². The molecule has 2 aliphatic heterocycles. The fraction of sp³-hybridized carbons (Fsp3) is 0.433. The van der Waals surface area contributed by atoms with Crippen LogP contribution in [0.5, 0.6) is 5.75 Å². The van der Waals surface area contributed by atoms with E-state index in [4.69, 9.17) is 4.74 Å². The standard InChI is InChI=1S/C30H36N4O4/c1-18(2)15-25-27-22(21-13-12-20(38-3)16-24(21)32-27)17-26-29(36)33-23(30(37)34(25)26)11-7-8-14-31-28(35)19-9-5-4-6-10-19/h4-6,9-10,12-13,16,18,23,25-26,32H,7-8,11,14-15,17H2,1-3H3,(H,31,35)(H,33,36)/t23-,25-,26-/m0/s1. The largest absolute Gasteiger partial charge is 0.497 e. The molecule has 38 heavy (non-hydrogen) atoms. The van der Waals surface area contributed by atoms with Gasteiger partial charge in [0.05, 0.1) is 13.2 Å². The van der Waals surface area contributed by atoms with Gasteiger partial charge in [-0.1, -0.05) is 32.0 Å². The second kappa shape index (κ2) is 10.9. The predicted octanol–water partition coefficient (Wildman–Crippen LogP) is 4.12. The molecule has 1 saturated heterocycles. The van der Waals surface area contributed by atoms with Gasteiger partial charge in [-0.25, -0.2) is 0 Å². The summed E-state index contributed by atoms with van der Waals surface area (Å²) in [6, 6.07) is 13.8. The van der Waals surface area contributed by atoms with Crippen molar-refractivity contribution in [2.45, 2.75) is 64.1 Å². The van der Waals surface area contributed by atoms with Gasteiger partial charge in [0.2, 0.25) is 11.8 Å². The minimum atomic E-state index is -0.552. The van der Waals surface area contributed by atoms with Crippen LogP contribution < -0.4 is 15.4 Å². The van der Waals surface area contributed by atoms with Gasteiger partial charge in [-0.3, -0.25) is 14.4 Å². The van der Waals surface area contributed by atoms with Gasteiger partial charge in [-0.15, -0.1) is 0 Å². The number of carbonyl (C=O) groups excluding carboxylic acids is 3. The molecule has 0 bridgehead atoms. The van der Waals surface area contributed by atoms with Crippen molar-refractivity contribution >= 4 is 28.6 Å². The van der Waals surface area contributed by atoms with E-state index >= 15 is 0 Å². The molecule has 1 aromatic heterocycles. The number of methoxy groups -OCH3 is 1. The molecule has 8 nitrogen and oxygen atoms in total. The van der Waals surface area contributed by atoms with E-state index in [0.29, 0.717) is 30.9 Å². The minimum Gasteiger partial charge on any atom is -0.497 e. The quantitative estimate of drug-likeness (QED) is 0.372. The first-order valence-electron chi connectivity index (χ1n) is 13.5. The average molecular weight is 517 g/mol. The molecule has 3 heterocycles. The summed E-state index contributed by atoms with van der Waals surface area (Å²) in [7, 11) is 1.65. The van der Waals surface area contributed by atoms with Crippen molar-refractivity contribution in [3.63, 3.8) is 0 Å². The highest BCUT2D eigenvalue weighted by Gasteiger charge is 2.48. The summed E-state index contributed by atoms with van der Waals surface area (Å²) in [6.07, 6.45) is 3.25. The van der Waals surface area contributed by atoms with E-state index in [1.54, 1.807) is 19.2 Å². The van der Waals surface area contributed by atoms with Crippen molar-refractivity contribution in [2.75, 3.05) is 13.7 Å². The number of ether oxygens (including phenoxy) is 1. The maximum Gasteiger partial charge on any atom is 0.251 e. The van der Waals surface area contributed by atoms with Crippen LogP contribution in [0.2, 0.25) is 0 Å². The zero-order chi connectivity index (χ0) is 26.8. The fourth-order valence-corrected chi connectivity index (χ4v) is 5.81. The molecule has 1 fully saturated rings. The van der Waals surface area contributed by atoms with Crippen molar-refractivity contribution in [3.8, 4) is 5.75 Å². The Balaban J connectivity index is 1.29. The first-order valence-corrected chi connectivity index (χ1v) is 13.5. The second-order valence-corrected chi connectivity index (χ2v) is 10.7. The molecule has 0 unspecified atom stereocenters. The lowest BCUT2D eigenvalue weighted by Crippen LogP contribution is -2.65. The number of amides is 3. The van der Waals surface area contributed by atoms with Crippen LogP contribution in [0.4, 0.5) is 0 Å². The zero-order valence-corrected chi connectivity index (χ0v) is 22.3. The predicted molar refractivity (Wildman–Crippen MR) is 146 cm³/mol. The molecule has 0 spiro atoms. The number of rotatable bonds is 9. The van der Waals surface area contributed by atoms with Crippen molar-refractivity contribution in [1.82, 2.24) is 20.5 Å². The molecule has 0 aliphatic carbocycles. The SMILES string of the molecule is COc1ccc2c3c([nH]c2c1)[C@H](CC(C)C)N1C(=O)[C@H](CCCCNC(=O)c2ccccc2)NC(=O)[C@@H]1C3. The van der Waals surface area contributed by atoms with Gasteiger partial charge in [-0.05, 0) is 61.4 Å². The number of aromatic nitrogens is 1. The summed E-state index contributed by atoms with van der Waals surface area (Å²) < 4.78 is 5.41. The summed E-state index contributed by atoms with van der Waals surface area (Å²) >= 11 is 0. The summed E-state index contributed by atoms with van der Waals surface area (Å²) in [4.78, 5) is 44.8. The normalized spacial score (nSPS) is 20.7. The number of nitrogens with one attached hydrogen (secondary N) is 3. The molecule has 3 amide bonds. The number of carbonyl (C=O) groups is 3. The molecule has 8 heteroatoms. The lowest BCUT2D eigenvalue weighted by molar-refractivity contribution is -0.154. The number of aromatic amines is 1. The Labute approximate surface area is 223 Å². The molecule has 2 aromatic carbocycles. The van der Waals surface area contributed by atoms with Crippen LogP contribution >= 0.6 is 0 Å². The van der Waals surface area contributed by atoms with E-state index in [9.17, 15) is 14.4 Å². The van der Waals surface area contributed by atoms with E-state index < -0.39 is 12.1 Å². The van der Waals surface area contributed by atoms with Crippen LogP contribution in [-0.4, -0.2) is 53.3 Å². The lowest BCUT2D eigenvalue weighted by Gasteiger charge is -2.47. The van der Waals surface area contributed by atoms with E-state index in [1.807, 2.05) is 41.3 Å². The molecule has 200 valence electrons. The first-order chi connectivity index (χ1) is 18.4. The topological polar surface area (TPSA) is 104 Å². The summed E-state index contributed by atoms with van der Waals surface area (Å²) in [5, 5.41) is 7.01. The third kappa shape index (κ3) is 4.99. The van der Waals surface area contributed by atoms with E-state index in [-0.39, 0.29) is 23.8 Å². The molecular formula is C30H36N4O4. The average Bonchev–Trinajstić information content (AvgIpc) is 3.28. The minimum absolute atomic E-state index is 0.0181. The van der Waals surface area contributed by atoms with Crippen molar-refractivity contribution in [3.05, 3.63) is 65.4 Å². The Bertz CT molecular complexity index is 1330. The summed E-state index contributed by atoms with van der Waals surface area (Å²) in [5.74, 6) is 0.900. The van der Waals surface area contributed by atoms with Crippen LogP contribution in [0, 0.1) is 5.92 Å². The maximum absolute atomic E-state index is 13.8. The number of hydrogen-bond acceptors (Lipinski definition) is 4. The maximum atomic E-state index is 13.8. The number of piperazine rings is 1. The highest BCUT2D eigenvalue weighted by atomic mass is 16.5. The number of fused-ring (bicyclic) bond motifs is 4. The van der Waals surface area contributed by atoms with Crippen LogP contribution in [0.1, 0.15) is 67.2 Å². The molecule has 3 N–H and O–H groups in total. The van der Waals surface area contributed by atoms with Gasteiger partial charge in [-0.2, -0.15) is 0 Å². The Morgan fingerprint density at radius 3 is 2.66 bits per heavy atom. The monoisotopic (exact) mass is 516 g/mol. The fourth-order valence-electron chi connectivity index (χ4n) is 5.81. The van der Waals surface area contributed by atoms with Crippen molar-refractivity contribution in [1.29, 1.82) is 0 Å². The van der Waals surface area contributed by atoms with E-state index in [2.05, 4.69) is 29.5 Å². The van der Waals surface area contributed by atoms with Gasteiger partial charge in [0.1, 0.15) is 17.8 Å². The lowest BCUT2D eigenvalue weighted by atomic mass is 9.85. The van der Waals surface area contributed by atoms with Crippen LogP contribution in [-0.2, 0) is 16.0 Å². The van der Waals surface area contributed by atoms with Gasteiger partial charge >= 0.3 is 0 Å². The van der Waals surface area contributed by atoms with E-state index in [0.717, 1.165) is 47.2 Å². The smallest absolute Gasteiger partial charge is 0.251 e.